The minimum absolute atomic E-state index is 0.0580. The van der Waals surface area contributed by atoms with Crippen molar-refractivity contribution in [3.05, 3.63) is 29.8 Å². The number of ether oxygens (including phenoxy) is 1. The first-order valence-corrected chi connectivity index (χ1v) is 9.97. The van der Waals surface area contributed by atoms with Gasteiger partial charge in [0.2, 0.25) is 5.91 Å². The molecule has 1 amide bonds. The number of aryl methyl sites for hydroxylation is 1. The molecule has 2 aliphatic heterocycles. The lowest BCUT2D eigenvalue weighted by Gasteiger charge is -2.33. The molecule has 0 spiro atoms. The fraction of sp³-hybridized carbons (Fsp3) is 0.667. The molecule has 3 fully saturated rings. The third kappa shape index (κ3) is 3.84. The number of likely N-dealkylation sites (tertiary alicyclic amines) is 1. The Morgan fingerprint density at radius 1 is 1.08 bits per heavy atom. The fourth-order valence-electron chi connectivity index (χ4n) is 4.73. The van der Waals surface area contributed by atoms with Gasteiger partial charge in [-0.05, 0) is 44.2 Å². The van der Waals surface area contributed by atoms with E-state index in [1.807, 2.05) is 12.1 Å². The zero-order valence-corrected chi connectivity index (χ0v) is 15.2. The topological polar surface area (TPSA) is 41.6 Å². The number of hydrogen-bond donors (Lipinski definition) is 1. The quantitative estimate of drug-likeness (QED) is 0.916. The molecule has 136 valence electrons. The summed E-state index contributed by atoms with van der Waals surface area (Å²) in [5.74, 6) is 1.99. The molecule has 4 nitrogen and oxygen atoms in total. The van der Waals surface area contributed by atoms with Gasteiger partial charge in [0, 0.05) is 32.0 Å². The zero-order chi connectivity index (χ0) is 17.2. The summed E-state index contributed by atoms with van der Waals surface area (Å²) in [6.07, 6.45) is 8.34. The third-order valence-corrected chi connectivity index (χ3v) is 6.24. The average molecular weight is 342 g/mol. The fourth-order valence-corrected chi connectivity index (χ4v) is 4.73. The number of carbonyl (C=O) groups excluding carboxylic acids is 1. The van der Waals surface area contributed by atoms with E-state index in [0.717, 1.165) is 44.0 Å². The summed E-state index contributed by atoms with van der Waals surface area (Å²) in [5.41, 5.74) is 1.25. The molecule has 3 atom stereocenters. The maximum atomic E-state index is 12.9. The Morgan fingerprint density at radius 2 is 1.80 bits per heavy atom. The molecule has 3 unspecified atom stereocenters. The number of nitrogens with zero attached hydrogens (tertiary/aromatic N) is 1. The molecular formula is C21H30N2O2. The van der Waals surface area contributed by atoms with Gasteiger partial charge in [-0.1, -0.05) is 30.5 Å². The van der Waals surface area contributed by atoms with Crippen molar-refractivity contribution in [1.82, 2.24) is 10.2 Å². The van der Waals surface area contributed by atoms with Crippen LogP contribution in [0.15, 0.2) is 24.3 Å². The highest BCUT2D eigenvalue weighted by atomic mass is 16.5. The first-order chi connectivity index (χ1) is 12.2. The van der Waals surface area contributed by atoms with Crippen molar-refractivity contribution in [3.63, 3.8) is 0 Å². The first-order valence-electron chi connectivity index (χ1n) is 9.97. The molecule has 25 heavy (non-hydrogen) atoms. The molecule has 4 rings (SSSR count). The van der Waals surface area contributed by atoms with Gasteiger partial charge in [0.25, 0.3) is 0 Å². The van der Waals surface area contributed by atoms with E-state index in [0.29, 0.717) is 11.9 Å². The number of nitrogens with one attached hydrogen (secondary N) is 1. The summed E-state index contributed by atoms with van der Waals surface area (Å²) in [5, 5.41) is 3.62. The van der Waals surface area contributed by atoms with E-state index in [-0.39, 0.29) is 12.1 Å². The summed E-state index contributed by atoms with van der Waals surface area (Å²) in [6, 6.07) is 8.89. The average Bonchev–Trinajstić information content (AvgIpc) is 3.08. The monoisotopic (exact) mass is 342 g/mol. The molecule has 4 heteroatoms. The summed E-state index contributed by atoms with van der Waals surface area (Å²) in [7, 11) is 0. The van der Waals surface area contributed by atoms with Crippen LogP contribution in [-0.4, -0.2) is 42.1 Å². The molecular weight excluding hydrogens is 312 g/mol. The normalized spacial score (nSPS) is 30.1. The lowest BCUT2D eigenvalue weighted by molar-refractivity contribution is -0.135. The van der Waals surface area contributed by atoms with Gasteiger partial charge in [-0.25, -0.2) is 0 Å². The largest absolute Gasteiger partial charge is 0.490 e. The van der Waals surface area contributed by atoms with E-state index in [1.54, 1.807) is 0 Å². The molecule has 1 aliphatic carbocycles. The van der Waals surface area contributed by atoms with Gasteiger partial charge < -0.3 is 15.0 Å². The predicted octanol–water partition coefficient (Wildman–Crippen LogP) is 3.29. The number of amides is 1. The van der Waals surface area contributed by atoms with E-state index in [4.69, 9.17) is 4.74 Å². The summed E-state index contributed by atoms with van der Waals surface area (Å²) in [4.78, 5) is 14.9. The highest BCUT2D eigenvalue weighted by Crippen LogP contribution is 2.34. The van der Waals surface area contributed by atoms with E-state index in [2.05, 4.69) is 29.3 Å². The minimum atomic E-state index is 0.0580. The Bertz CT molecular complexity index is 578. The second-order valence-electron chi connectivity index (χ2n) is 8.06. The SMILES string of the molecule is Cc1ccc(OC2CCN(C(=O)C3CC4CCCCC4N3)CC2)cc1. The van der Waals surface area contributed by atoms with Crippen LogP contribution in [0.3, 0.4) is 0 Å². The van der Waals surface area contributed by atoms with Crippen LogP contribution >= 0.6 is 0 Å². The van der Waals surface area contributed by atoms with Crippen molar-refractivity contribution in [2.75, 3.05) is 13.1 Å². The number of fused-ring (bicyclic) bond motifs is 1. The smallest absolute Gasteiger partial charge is 0.239 e. The summed E-state index contributed by atoms with van der Waals surface area (Å²) in [6.45, 7) is 3.73. The summed E-state index contributed by atoms with van der Waals surface area (Å²) < 4.78 is 6.09. The maximum Gasteiger partial charge on any atom is 0.239 e. The van der Waals surface area contributed by atoms with Gasteiger partial charge in [-0.3, -0.25) is 4.79 Å². The Labute approximate surface area is 150 Å². The van der Waals surface area contributed by atoms with E-state index in [1.165, 1.54) is 31.2 Å². The van der Waals surface area contributed by atoms with Crippen LogP contribution < -0.4 is 10.1 Å². The van der Waals surface area contributed by atoms with Crippen molar-refractivity contribution in [1.29, 1.82) is 0 Å². The standard InChI is InChI=1S/C21H30N2O2/c1-15-6-8-17(9-7-15)25-18-10-12-23(13-11-18)21(24)20-14-16-4-2-3-5-19(16)22-20/h6-9,16,18-20,22H,2-5,10-14H2,1H3. The van der Waals surface area contributed by atoms with Crippen LogP contribution in [0.1, 0.15) is 50.5 Å². The molecule has 0 bridgehead atoms. The Hall–Kier alpha value is -1.55. The van der Waals surface area contributed by atoms with Crippen molar-refractivity contribution >= 4 is 5.91 Å². The maximum absolute atomic E-state index is 12.9. The number of rotatable bonds is 3. The molecule has 2 heterocycles. The van der Waals surface area contributed by atoms with Crippen LogP contribution in [0, 0.1) is 12.8 Å². The van der Waals surface area contributed by atoms with Gasteiger partial charge in [-0.2, -0.15) is 0 Å². The first kappa shape index (κ1) is 16.9. The van der Waals surface area contributed by atoms with Crippen molar-refractivity contribution in [2.24, 2.45) is 5.92 Å². The van der Waals surface area contributed by atoms with Crippen LogP contribution in [0.5, 0.6) is 5.75 Å². The molecule has 0 aromatic heterocycles. The van der Waals surface area contributed by atoms with Gasteiger partial charge in [0.15, 0.2) is 0 Å². The zero-order valence-electron chi connectivity index (χ0n) is 15.2. The Kier molecular flexibility index (Phi) is 4.98. The molecule has 1 saturated carbocycles. The third-order valence-electron chi connectivity index (χ3n) is 6.24. The molecule has 0 radical (unpaired) electrons. The second kappa shape index (κ2) is 7.36. The van der Waals surface area contributed by atoms with Crippen LogP contribution in [0.25, 0.3) is 0 Å². The Balaban J connectivity index is 1.27. The molecule has 1 aromatic carbocycles. The van der Waals surface area contributed by atoms with Crippen molar-refractivity contribution < 1.29 is 9.53 Å². The predicted molar refractivity (Wildman–Crippen MR) is 98.7 cm³/mol. The van der Waals surface area contributed by atoms with Crippen LogP contribution in [0.2, 0.25) is 0 Å². The minimum Gasteiger partial charge on any atom is -0.490 e. The van der Waals surface area contributed by atoms with Crippen molar-refractivity contribution in [2.45, 2.75) is 70.1 Å². The van der Waals surface area contributed by atoms with E-state index >= 15 is 0 Å². The second-order valence-corrected chi connectivity index (χ2v) is 8.06. The number of hydrogen-bond acceptors (Lipinski definition) is 3. The molecule has 3 aliphatic rings. The number of benzene rings is 1. The van der Waals surface area contributed by atoms with Gasteiger partial charge in [0.1, 0.15) is 11.9 Å². The lowest BCUT2D eigenvalue weighted by Crippen LogP contribution is -2.49. The van der Waals surface area contributed by atoms with Gasteiger partial charge >= 0.3 is 0 Å². The highest BCUT2D eigenvalue weighted by Gasteiger charge is 2.40. The van der Waals surface area contributed by atoms with Gasteiger partial charge in [0.05, 0.1) is 6.04 Å². The van der Waals surface area contributed by atoms with Gasteiger partial charge in [-0.15, -0.1) is 0 Å². The molecule has 1 N–H and O–H groups in total. The number of piperidine rings is 1. The molecule has 2 saturated heterocycles. The number of carbonyl (C=O) groups is 1. The van der Waals surface area contributed by atoms with Crippen LogP contribution in [0.4, 0.5) is 0 Å². The lowest BCUT2D eigenvalue weighted by atomic mass is 9.85. The Morgan fingerprint density at radius 3 is 2.52 bits per heavy atom. The van der Waals surface area contributed by atoms with E-state index < -0.39 is 0 Å². The molecule has 1 aromatic rings. The summed E-state index contributed by atoms with van der Waals surface area (Å²) >= 11 is 0. The van der Waals surface area contributed by atoms with Crippen molar-refractivity contribution in [3.8, 4) is 5.75 Å². The van der Waals surface area contributed by atoms with E-state index in [9.17, 15) is 4.79 Å². The highest BCUT2D eigenvalue weighted by molar-refractivity contribution is 5.82. The van der Waals surface area contributed by atoms with Crippen LogP contribution in [-0.2, 0) is 4.79 Å².